The largest absolute Gasteiger partial charge is 0.488 e. The second-order valence-electron chi connectivity index (χ2n) is 6.48. The van der Waals surface area contributed by atoms with Gasteiger partial charge in [0, 0.05) is 5.56 Å². The number of hydrogen-bond acceptors (Lipinski definition) is 3. The van der Waals surface area contributed by atoms with E-state index in [-0.39, 0.29) is 12.2 Å². The number of anilines is 1. The summed E-state index contributed by atoms with van der Waals surface area (Å²) in [4.78, 5) is 12.5. The maximum Gasteiger partial charge on any atom is 0.418 e. The van der Waals surface area contributed by atoms with Crippen LogP contribution in [0.5, 0.6) is 5.75 Å². The summed E-state index contributed by atoms with van der Waals surface area (Å²) in [6.45, 7) is 0.277. The first-order valence-corrected chi connectivity index (χ1v) is 9.23. The topological polar surface area (TPSA) is 62.1 Å². The number of amides is 1. The molecular formula is C24H17F3N2O2. The summed E-state index contributed by atoms with van der Waals surface area (Å²) >= 11 is 0. The van der Waals surface area contributed by atoms with Crippen LogP contribution in [-0.4, -0.2) is 5.91 Å². The van der Waals surface area contributed by atoms with Crippen LogP contribution in [0, 0.1) is 11.3 Å². The van der Waals surface area contributed by atoms with Crippen molar-refractivity contribution in [1.29, 1.82) is 5.26 Å². The average molecular weight is 422 g/mol. The van der Waals surface area contributed by atoms with Gasteiger partial charge in [-0.3, -0.25) is 4.79 Å². The van der Waals surface area contributed by atoms with Gasteiger partial charge in [-0.2, -0.15) is 18.4 Å². The highest BCUT2D eigenvalue weighted by Gasteiger charge is 2.33. The van der Waals surface area contributed by atoms with Crippen LogP contribution in [0.25, 0.3) is 6.08 Å². The highest BCUT2D eigenvalue weighted by Crippen LogP contribution is 2.34. The van der Waals surface area contributed by atoms with E-state index >= 15 is 0 Å². The molecule has 1 amide bonds. The number of hydrogen-bond donors (Lipinski definition) is 1. The number of halogens is 3. The first-order chi connectivity index (χ1) is 14.9. The van der Waals surface area contributed by atoms with E-state index in [1.54, 1.807) is 30.3 Å². The molecule has 3 aromatic carbocycles. The lowest BCUT2D eigenvalue weighted by molar-refractivity contribution is -0.137. The Bertz CT molecular complexity index is 1130. The fourth-order valence-corrected chi connectivity index (χ4v) is 2.80. The predicted molar refractivity (Wildman–Crippen MR) is 111 cm³/mol. The molecule has 3 rings (SSSR count). The van der Waals surface area contributed by atoms with E-state index in [1.165, 1.54) is 18.2 Å². The molecular weight excluding hydrogens is 405 g/mol. The zero-order chi connectivity index (χ0) is 22.3. The molecule has 31 heavy (non-hydrogen) atoms. The predicted octanol–water partition coefficient (Wildman–Crippen LogP) is 5.83. The first kappa shape index (κ1) is 21.7. The minimum Gasteiger partial charge on any atom is -0.488 e. The van der Waals surface area contributed by atoms with Crippen LogP contribution < -0.4 is 10.1 Å². The Morgan fingerprint density at radius 3 is 2.32 bits per heavy atom. The van der Waals surface area contributed by atoms with E-state index in [4.69, 9.17) is 4.74 Å². The summed E-state index contributed by atoms with van der Waals surface area (Å²) in [5, 5.41) is 11.6. The van der Waals surface area contributed by atoms with Gasteiger partial charge < -0.3 is 10.1 Å². The molecule has 0 aliphatic rings. The highest BCUT2D eigenvalue weighted by molar-refractivity contribution is 6.10. The molecule has 0 radical (unpaired) electrons. The Labute approximate surface area is 177 Å². The molecule has 1 N–H and O–H groups in total. The fourth-order valence-electron chi connectivity index (χ4n) is 2.80. The molecule has 3 aromatic rings. The van der Waals surface area contributed by atoms with Gasteiger partial charge in [0.1, 0.15) is 24.0 Å². The molecule has 0 fully saturated rings. The van der Waals surface area contributed by atoms with Crippen LogP contribution in [0.1, 0.15) is 16.7 Å². The van der Waals surface area contributed by atoms with E-state index in [9.17, 15) is 23.2 Å². The summed E-state index contributed by atoms with van der Waals surface area (Å²) in [6.07, 6.45) is -3.36. The SMILES string of the molecule is N#C/C(=C\c1ccccc1OCc1ccccc1)C(=O)Nc1ccccc1C(F)(F)F. The van der Waals surface area contributed by atoms with Crippen molar-refractivity contribution in [2.45, 2.75) is 12.8 Å². The minimum absolute atomic E-state index is 0.277. The number of para-hydroxylation sites is 2. The van der Waals surface area contributed by atoms with E-state index in [1.807, 2.05) is 30.3 Å². The van der Waals surface area contributed by atoms with Gasteiger partial charge in [0.15, 0.2) is 0 Å². The molecule has 0 heterocycles. The van der Waals surface area contributed by atoms with Crippen molar-refractivity contribution >= 4 is 17.7 Å². The Morgan fingerprint density at radius 1 is 0.968 bits per heavy atom. The molecule has 4 nitrogen and oxygen atoms in total. The summed E-state index contributed by atoms with van der Waals surface area (Å²) in [5.41, 5.74) is -0.382. The maximum atomic E-state index is 13.2. The third kappa shape index (κ3) is 5.73. The molecule has 7 heteroatoms. The van der Waals surface area contributed by atoms with Crippen molar-refractivity contribution in [1.82, 2.24) is 0 Å². The maximum absolute atomic E-state index is 13.2. The second-order valence-corrected chi connectivity index (χ2v) is 6.48. The van der Waals surface area contributed by atoms with Crippen molar-refractivity contribution in [3.63, 3.8) is 0 Å². The number of carbonyl (C=O) groups excluding carboxylic acids is 1. The van der Waals surface area contributed by atoms with Gasteiger partial charge >= 0.3 is 6.18 Å². The van der Waals surface area contributed by atoms with Crippen molar-refractivity contribution in [3.8, 4) is 11.8 Å². The monoisotopic (exact) mass is 422 g/mol. The summed E-state index contributed by atoms with van der Waals surface area (Å²) in [6, 6.07) is 22.5. The van der Waals surface area contributed by atoms with Gasteiger partial charge in [0.25, 0.3) is 5.91 Å². The van der Waals surface area contributed by atoms with Crippen LogP contribution in [0.3, 0.4) is 0 Å². The Morgan fingerprint density at radius 2 is 1.61 bits per heavy atom. The van der Waals surface area contributed by atoms with Crippen LogP contribution in [-0.2, 0) is 17.6 Å². The number of alkyl halides is 3. The lowest BCUT2D eigenvalue weighted by atomic mass is 10.1. The first-order valence-electron chi connectivity index (χ1n) is 9.23. The second kappa shape index (κ2) is 9.63. The molecule has 0 bridgehead atoms. The number of benzene rings is 3. The number of rotatable bonds is 6. The molecule has 156 valence electrons. The molecule has 0 spiro atoms. The van der Waals surface area contributed by atoms with Crippen molar-refractivity contribution < 1.29 is 22.7 Å². The smallest absolute Gasteiger partial charge is 0.418 e. The van der Waals surface area contributed by atoms with Crippen molar-refractivity contribution in [2.24, 2.45) is 0 Å². The zero-order valence-electron chi connectivity index (χ0n) is 16.2. The van der Waals surface area contributed by atoms with E-state index in [0.717, 1.165) is 17.7 Å². The summed E-state index contributed by atoms with van der Waals surface area (Å²) in [5.74, 6) is -0.514. The van der Waals surface area contributed by atoms with Gasteiger partial charge in [0.2, 0.25) is 0 Å². The molecule has 0 saturated carbocycles. The van der Waals surface area contributed by atoms with Crippen molar-refractivity contribution in [3.05, 3.63) is 101 Å². The number of nitrogens with zero attached hydrogens (tertiary/aromatic N) is 1. The lowest BCUT2D eigenvalue weighted by Crippen LogP contribution is -2.17. The Balaban J connectivity index is 1.83. The van der Waals surface area contributed by atoms with Gasteiger partial charge in [-0.1, -0.05) is 60.7 Å². The average Bonchev–Trinajstić information content (AvgIpc) is 2.77. The quantitative estimate of drug-likeness (QED) is 0.402. The van der Waals surface area contributed by atoms with Crippen LogP contribution in [0.4, 0.5) is 18.9 Å². The summed E-state index contributed by atoms with van der Waals surface area (Å²) < 4.78 is 45.3. The molecule has 0 saturated heterocycles. The highest BCUT2D eigenvalue weighted by atomic mass is 19.4. The summed E-state index contributed by atoms with van der Waals surface area (Å²) in [7, 11) is 0. The number of carbonyl (C=O) groups is 1. The third-order valence-corrected chi connectivity index (χ3v) is 4.30. The number of ether oxygens (including phenoxy) is 1. The third-order valence-electron chi connectivity index (χ3n) is 4.30. The lowest BCUT2D eigenvalue weighted by Gasteiger charge is -2.13. The van der Waals surface area contributed by atoms with Crippen LogP contribution in [0.2, 0.25) is 0 Å². The van der Waals surface area contributed by atoms with Gasteiger partial charge in [-0.15, -0.1) is 0 Å². The van der Waals surface area contributed by atoms with Gasteiger partial charge in [-0.05, 0) is 29.8 Å². The standard InChI is InChI=1S/C24H17F3N2O2/c25-24(26,27)20-11-5-6-12-21(20)29-23(30)19(15-28)14-18-10-4-7-13-22(18)31-16-17-8-2-1-3-9-17/h1-14H,16H2,(H,29,30)/b19-14+. The van der Waals surface area contributed by atoms with Crippen LogP contribution >= 0.6 is 0 Å². The fraction of sp³-hybridized carbons (Fsp3) is 0.0833. The van der Waals surface area contributed by atoms with Gasteiger partial charge in [-0.25, -0.2) is 0 Å². The Kier molecular flexibility index (Phi) is 6.73. The van der Waals surface area contributed by atoms with E-state index in [0.29, 0.717) is 11.3 Å². The molecule has 0 aliphatic carbocycles. The molecule has 0 aliphatic heterocycles. The van der Waals surface area contributed by atoms with Crippen molar-refractivity contribution in [2.75, 3.05) is 5.32 Å². The Hall–Kier alpha value is -4.05. The number of nitriles is 1. The molecule has 0 atom stereocenters. The zero-order valence-corrected chi connectivity index (χ0v) is 16.2. The van der Waals surface area contributed by atoms with E-state index < -0.39 is 23.3 Å². The van der Waals surface area contributed by atoms with E-state index in [2.05, 4.69) is 5.32 Å². The molecule has 0 aromatic heterocycles. The number of nitrogens with one attached hydrogen (secondary N) is 1. The van der Waals surface area contributed by atoms with Gasteiger partial charge in [0.05, 0.1) is 11.3 Å². The van der Waals surface area contributed by atoms with Crippen LogP contribution in [0.15, 0.2) is 84.4 Å². The normalized spacial score (nSPS) is 11.5. The molecule has 0 unspecified atom stereocenters. The minimum atomic E-state index is -4.64.